The molecule has 0 bridgehead atoms. The molecule has 150 valence electrons. The van der Waals surface area contributed by atoms with Gasteiger partial charge < -0.3 is 0 Å². The van der Waals surface area contributed by atoms with Crippen molar-refractivity contribution in [3.8, 4) is 0 Å². The van der Waals surface area contributed by atoms with Crippen LogP contribution in [-0.2, 0) is 37.1 Å². The second-order valence-corrected chi connectivity index (χ2v) is 8.90. The summed E-state index contributed by atoms with van der Waals surface area (Å²) in [7, 11) is 0. The van der Waals surface area contributed by atoms with Crippen LogP contribution in [0.3, 0.4) is 0 Å². The Balaban J connectivity index is 0.000000183. The first kappa shape index (κ1) is 23.7. The Labute approximate surface area is 192 Å². The minimum atomic E-state index is 1.23. The second-order valence-electron chi connectivity index (χ2n) is 7.48. The van der Waals surface area contributed by atoms with Gasteiger partial charge in [-0.05, 0) is 12.8 Å². The van der Waals surface area contributed by atoms with Crippen molar-refractivity contribution >= 4 is 25.3 Å². The summed E-state index contributed by atoms with van der Waals surface area (Å²) in [5, 5.41) is 5.53. The number of fused-ring (bicyclic) bond motifs is 2. The van der Waals surface area contributed by atoms with Crippen LogP contribution >= 0.6 is 0 Å². The molecule has 0 aliphatic heterocycles. The molecule has 0 nitrogen and oxygen atoms in total. The Hall–Kier alpha value is -1.59. The molecule has 4 aromatic rings. The standard InChI is InChI=1S/2C13H15.C2H4.Zr/c2*1-2-3-6-11-9-12-7-4-5-8-13(12)10-11;1-2;/h2*4-5,7-10H,2-3,6H2,1H3;1H,2H3;/q2*-1;;+2. The Morgan fingerprint density at radius 1 is 0.724 bits per heavy atom. The van der Waals surface area contributed by atoms with Gasteiger partial charge in [-0.3, -0.25) is 0 Å². The molecule has 4 aromatic carbocycles. The van der Waals surface area contributed by atoms with Crippen molar-refractivity contribution < 1.29 is 24.2 Å². The van der Waals surface area contributed by atoms with E-state index in [1.54, 1.807) is 0 Å². The topological polar surface area (TPSA) is 0 Å². The Morgan fingerprint density at radius 3 is 1.45 bits per heavy atom. The van der Waals surface area contributed by atoms with Gasteiger partial charge in [0.2, 0.25) is 0 Å². The monoisotopic (exact) mass is 460 g/mol. The molecule has 29 heavy (non-hydrogen) atoms. The zero-order valence-electron chi connectivity index (χ0n) is 18.2. The van der Waals surface area contributed by atoms with Crippen molar-refractivity contribution in [3.63, 3.8) is 0 Å². The molecule has 0 saturated heterocycles. The predicted molar refractivity (Wildman–Crippen MR) is 128 cm³/mol. The van der Waals surface area contributed by atoms with E-state index in [4.69, 9.17) is 0 Å². The van der Waals surface area contributed by atoms with Crippen LogP contribution in [0.15, 0.2) is 72.8 Å². The third-order valence-corrected chi connectivity index (χ3v) is 4.99. The first-order valence-electron chi connectivity index (χ1n) is 11.0. The summed E-state index contributed by atoms with van der Waals surface area (Å²) in [6.07, 6.45) is 7.62. The molecule has 0 atom stereocenters. The minimum absolute atomic E-state index is 1.23. The summed E-state index contributed by atoms with van der Waals surface area (Å²) in [5.74, 6) is 0. The van der Waals surface area contributed by atoms with E-state index in [2.05, 4.69) is 90.4 Å². The number of aryl methyl sites for hydroxylation is 2. The molecule has 0 unspecified atom stereocenters. The van der Waals surface area contributed by atoms with E-state index in [9.17, 15) is 0 Å². The average Bonchev–Trinajstić information content (AvgIpc) is 3.35. The van der Waals surface area contributed by atoms with Crippen LogP contribution in [0.1, 0.15) is 57.6 Å². The molecule has 0 radical (unpaired) electrons. The van der Waals surface area contributed by atoms with Crippen LogP contribution in [0.25, 0.3) is 21.5 Å². The average molecular weight is 462 g/mol. The van der Waals surface area contributed by atoms with Gasteiger partial charge in [0.15, 0.2) is 0 Å². The van der Waals surface area contributed by atoms with E-state index in [0.717, 1.165) is 0 Å². The number of rotatable bonds is 6. The predicted octanol–water partition coefficient (Wildman–Crippen LogP) is 8.16. The molecular weight excluding hydrogens is 428 g/mol. The van der Waals surface area contributed by atoms with Gasteiger partial charge in [0, 0.05) is 0 Å². The van der Waals surface area contributed by atoms with Gasteiger partial charge in [0.25, 0.3) is 0 Å². The molecule has 0 heterocycles. The van der Waals surface area contributed by atoms with Gasteiger partial charge in [-0.25, -0.2) is 0 Å². The number of unbranched alkanes of at least 4 members (excludes halogenated alkanes) is 2. The second kappa shape index (κ2) is 13.6. The van der Waals surface area contributed by atoms with Crippen molar-refractivity contribution in [3.05, 3.63) is 83.9 Å². The van der Waals surface area contributed by atoms with Crippen molar-refractivity contribution in [2.75, 3.05) is 0 Å². The van der Waals surface area contributed by atoms with Crippen LogP contribution < -0.4 is 0 Å². The molecule has 0 saturated carbocycles. The van der Waals surface area contributed by atoms with Crippen LogP contribution in [-0.4, -0.2) is 3.71 Å². The van der Waals surface area contributed by atoms with E-state index >= 15 is 0 Å². The van der Waals surface area contributed by atoms with E-state index in [-0.39, 0.29) is 0 Å². The van der Waals surface area contributed by atoms with E-state index < -0.39 is 0 Å². The van der Waals surface area contributed by atoms with Gasteiger partial charge in [-0.1, -0.05) is 51.7 Å². The Bertz CT molecular complexity index is 826. The normalized spacial score (nSPS) is 10.2. The number of hydrogen-bond acceptors (Lipinski definition) is 0. The van der Waals surface area contributed by atoms with Crippen molar-refractivity contribution in [2.45, 2.75) is 59.3 Å². The zero-order chi connectivity index (χ0) is 20.9. The molecule has 0 aliphatic carbocycles. The summed E-state index contributed by atoms with van der Waals surface area (Å²) in [5.41, 5.74) is 2.98. The van der Waals surface area contributed by atoms with Crippen LogP contribution in [0.2, 0.25) is 0 Å². The van der Waals surface area contributed by atoms with Crippen LogP contribution in [0, 0.1) is 0 Å². The fraction of sp³-hybridized carbons (Fsp3) is 0.321. The SMILES string of the molecule is CCCCc1cc2ccccc2[cH-]1.CCCCc1cc2ccccc2[cH-]1.C[CH]=[Zr+2]. The van der Waals surface area contributed by atoms with Crippen molar-refractivity contribution in [1.82, 2.24) is 0 Å². The van der Waals surface area contributed by atoms with Gasteiger partial charge >= 0.3 is 34.9 Å². The van der Waals surface area contributed by atoms with Crippen LogP contribution in [0.5, 0.6) is 0 Å². The maximum atomic E-state index is 2.31. The first-order valence-corrected chi connectivity index (χ1v) is 12.4. The molecule has 0 spiro atoms. The summed E-state index contributed by atoms with van der Waals surface area (Å²) < 4.78 is 2.09. The van der Waals surface area contributed by atoms with Crippen LogP contribution in [0.4, 0.5) is 0 Å². The summed E-state index contributed by atoms with van der Waals surface area (Å²) in [4.78, 5) is 0. The molecule has 0 amide bonds. The van der Waals surface area contributed by atoms with Gasteiger partial charge in [-0.15, -0.1) is 81.2 Å². The van der Waals surface area contributed by atoms with E-state index in [1.807, 2.05) is 6.92 Å². The quantitative estimate of drug-likeness (QED) is 0.254. The number of hydrogen-bond donors (Lipinski definition) is 0. The van der Waals surface area contributed by atoms with Crippen molar-refractivity contribution in [2.24, 2.45) is 0 Å². The fourth-order valence-corrected chi connectivity index (χ4v) is 3.48. The van der Waals surface area contributed by atoms with Crippen molar-refractivity contribution in [1.29, 1.82) is 0 Å². The molecule has 4 rings (SSSR count). The van der Waals surface area contributed by atoms with Gasteiger partial charge in [-0.2, -0.15) is 12.1 Å². The molecule has 0 aromatic heterocycles. The summed E-state index contributed by atoms with van der Waals surface area (Å²) in [6, 6.07) is 26.4. The Kier molecular flexibility index (Phi) is 11.1. The maximum absolute atomic E-state index is 2.31. The summed E-state index contributed by atoms with van der Waals surface area (Å²) >= 11 is 1.51. The molecular formula is C28H34Zr. The van der Waals surface area contributed by atoms with E-state index in [0.29, 0.717) is 0 Å². The summed E-state index contributed by atoms with van der Waals surface area (Å²) in [6.45, 7) is 6.52. The van der Waals surface area contributed by atoms with E-state index in [1.165, 1.54) is 95.4 Å². The molecule has 0 N–H and O–H groups in total. The molecule has 1 heteroatoms. The molecule has 0 fully saturated rings. The third kappa shape index (κ3) is 7.98. The third-order valence-electron chi connectivity index (χ3n) is 4.99. The number of benzene rings is 2. The van der Waals surface area contributed by atoms with Gasteiger partial charge in [0.1, 0.15) is 0 Å². The molecule has 0 aliphatic rings. The zero-order valence-corrected chi connectivity index (χ0v) is 20.7. The first-order chi connectivity index (χ1) is 14.2. The Morgan fingerprint density at radius 2 is 1.10 bits per heavy atom. The van der Waals surface area contributed by atoms with Gasteiger partial charge in [0.05, 0.1) is 0 Å². The fourth-order valence-electron chi connectivity index (χ4n) is 3.48.